The lowest BCUT2D eigenvalue weighted by molar-refractivity contribution is -0.119. The van der Waals surface area contributed by atoms with E-state index in [1.807, 2.05) is 24.3 Å². The number of hydrogen-bond donors (Lipinski definition) is 1. The van der Waals surface area contributed by atoms with Crippen molar-refractivity contribution in [3.05, 3.63) is 47.8 Å². The molecule has 3 heteroatoms. The SMILES string of the molecule is C=C(F)C(=O)NCc1ccccc1C(C)C. The molecule has 16 heavy (non-hydrogen) atoms. The van der Waals surface area contributed by atoms with Gasteiger partial charge in [-0.05, 0) is 17.0 Å². The van der Waals surface area contributed by atoms with E-state index in [1.165, 1.54) is 0 Å². The maximum Gasteiger partial charge on any atom is 0.279 e. The van der Waals surface area contributed by atoms with Crippen LogP contribution in [0, 0.1) is 0 Å². The van der Waals surface area contributed by atoms with Gasteiger partial charge in [-0.15, -0.1) is 0 Å². The smallest absolute Gasteiger partial charge is 0.279 e. The van der Waals surface area contributed by atoms with Crippen molar-refractivity contribution in [3.8, 4) is 0 Å². The number of amides is 1. The summed E-state index contributed by atoms with van der Waals surface area (Å²) < 4.78 is 12.5. The van der Waals surface area contributed by atoms with Crippen molar-refractivity contribution < 1.29 is 9.18 Å². The predicted molar refractivity (Wildman–Crippen MR) is 62.6 cm³/mol. The first-order valence-corrected chi connectivity index (χ1v) is 5.22. The van der Waals surface area contributed by atoms with Crippen LogP contribution in [0.15, 0.2) is 36.7 Å². The molecule has 0 aliphatic carbocycles. The third-order valence-electron chi connectivity index (χ3n) is 2.36. The molecular weight excluding hydrogens is 205 g/mol. The fourth-order valence-corrected chi connectivity index (χ4v) is 1.53. The summed E-state index contributed by atoms with van der Waals surface area (Å²) in [5, 5.41) is 2.48. The van der Waals surface area contributed by atoms with Crippen LogP contribution in [0.25, 0.3) is 0 Å². The van der Waals surface area contributed by atoms with Gasteiger partial charge in [0.15, 0.2) is 5.83 Å². The topological polar surface area (TPSA) is 29.1 Å². The van der Waals surface area contributed by atoms with Gasteiger partial charge in [0.25, 0.3) is 5.91 Å². The lowest BCUT2D eigenvalue weighted by Crippen LogP contribution is -2.23. The monoisotopic (exact) mass is 221 g/mol. The van der Waals surface area contributed by atoms with Crippen molar-refractivity contribution in [2.24, 2.45) is 0 Å². The predicted octanol–water partition coefficient (Wildman–Crippen LogP) is 2.91. The zero-order valence-electron chi connectivity index (χ0n) is 9.59. The Morgan fingerprint density at radius 2 is 2.06 bits per heavy atom. The Kier molecular flexibility index (Phi) is 4.23. The van der Waals surface area contributed by atoms with Gasteiger partial charge in [0.1, 0.15) is 0 Å². The molecule has 0 unspecified atom stereocenters. The van der Waals surface area contributed by atoms with Crippen LogP contribution in [-0.4, -0.2) is 5.91 Å². The van der Waals surface area contributed by atoms with Crippen LogP contribution in [0.2, 0.25) is 0 Å². The molecule has 0 radical (unpaired) electrons. The van der Waals surface area contributed by atoms with Gasteiger partial charge < -0.3 is 5.32 Å². The van der Waals surface area contributed by atoms with E-state index in [1.54, 1.807) is 0 Å². The second-order valence-corrected chi connectivity index (χ2v) is 3.94. The van der Waals surface area contributed by atoms with Crippen molar-refractivity contribution in [1.29, 1.82) is 0 Å². The van der Waals surface area contributed by atoms with Gasteiger partial charge in [-0.2, -0.15) is 0 Å². The van der Waals surface area contributed by atoms with Crippen LogP contribution in [0.5, 0.6) is 0 Å². The van der Waals surface area contributed by atoms with Gasteiger partial charge in [0, 0.05) is 6.54 Å². The van der Waals surface area contributed by atoms with Crippen molar-refractivity contribution in [3.63, 3.8) is 0 Å². The first-order chi connectivity index (χ1) is 7.52. The van der Waals surface area contributed by atoms with Crippen molar-refractivity contribution >= 4 is 5.91 Å². The minimum atomic E-state index is -0.956. The summed E-state index contributed by atoms with van der Waals surface area (Å²) in [6.45, 7) is 7.43. The zero-order valence-corrected chi connectivity index (χ0v) is 9.59. The maximum atomic E-state index is 12.5. The molecule has 2 nitrogen and oxygen atoms in total. The summed E-state index contributed by atoms with van der Waals surface area (Å²) in [5.41, 5.74) is 2.17. The Labute approximate surface area is 95.2 Å². The van der Waals surface area contributed by atoms with Crippen LogP contribution < -0.4 is 5.32 Å². The van der Waals surface area contributed by atoms with E-state index < -0.39 is 11.7 Å². The highest BCUT2D eigenvalue weighted by Crippen LogP contribution is 2.18. The Balaban J connectivity index is 2.74. The molecule has 0 bridgehead atoms. The van der Waals surface area contributed by atoms with E-state index in [4.69, 9.17) is 0 Å². The van der Waals surface area contributed by atoms with Gasteiger partial charge in [-0.25, -0.2) is 4.39 Å². The van der Waals surface area contributed by atoms with Crippen LogP contribution >= 0.6 is 0 Å². The molecule has 0 aliphatic rings. The summed E-state index contributed by atoms with van der Waals surface area (Å²) in [6.07, 6.45) is 0. The fraction of sp³-hybridized carbons (Fsp3) is 0.308. The molecule has 0 saturated carbocycles. The first kappa shape index (κ1) is 12.4. The quantitative estimate of drug-likeness (QED) is 0.778. The van der Waals surface area contributed by atoms with E-state index in [9.17, 15) is 9.18 Å². The molecule has 1 N–H and O–H groups in total. The molecule has 0 saturated heterocycles. The number of rotatable bonds is 4. The average Bonchev–Trinajstić information content (AvgIpc) is 2.25. The normalized spacial score (nSPS) is 10.2. The molecular formula is C13H16FNO. The lowest BCUT2D eigenvalue weighted by Gasteiger charge is -2.12. The second-order valence-electron chi connectivity index (χ2n) is 3.94. The summed E-state index contributed by atoms with van der Waals surface area (Å²) >= 11 is 0. The molecule has 1 rings (SSSR count). The second kappa shape index (κ2) is 5.45. The third kappa shape index (κ3) is 3.19. The van der Waals surface area contributed by atoms with Crippen molar-refractivity contribution in [2.45, 2.75) is 26.3 Å². The number of carbonyl (C=O) groups is 1. The van der Waals surface area contributed by atoms with E-state index in [0.29, 0.717) is 12.5 Å². The minimum Gasteiger partial charge on any atom is -0.346 e. The van der Waals surface area contributed by atoms with Crippen molar-refractivity contribution in [2.75, 3.05) is 0 Å². The molecule has 0 fully saturated rings. The zero-order chi connectivity index (χ0) is 12.1. The fourth-order valence-electron chi connectivity index (χ4n) is 1.53. The Hall–Kier alpha value is -1.64. The summed E-state index contributed by atoms with van der Waals surface area (Å²) in [4.78, 5) is 11.0. The third-order valence-corrected chi connectivity index (χ3v) is 2.36. The van der Waals surface area contributed by atoms with Crippen LogP contribution in [-0.2, 0) is 11.3 Å². The molecule has 0 heterocycles. The van der Waals surface area contributed by atoms with Crippen LogP contribution in [0.1, 0.15) is 30.9 Å². The van der Waals surface area contributed by atoms with Crippen LogP contribution in [0.3, 0.4) is 0 Å². The standard InChI is InChI=1S/C13H16FNO/c1-9(2)12-7-5-4-6-11(12)8-15-13(16)10(3)14/h4-7,9H,3,8H2,1-2H3,(H,15,16). The molecule has 0 atom stereocenters. The molecule has 86 valence electrons. The highest BCUT2D eigenvalue weighted by atomic mass is 19.1. The summed E-state index contributed by atoms with van der Waals surface area (Å²) in [7, 11) is 0. The van der Waals surface area contributed by atoms with Gasteiger partial charge in [0.2, 0.25) is 0 Å². The molecule has 0 spiro atoms. The number of nitrogens with one attached hydrogen (secondary N) is 1. The van der Waals surface area contributed by atoms with Gasteiger partial charge >= 0.3 is 0 Å². The molecule has 1 aromatic rings. The van der Waals surface area contributed by atoms with Crippen LogP contribution in [0.4, 0.5) is 4.39 Å². The molecule has 0 aromatic heterocycles. The minimum absolute atomic E-state index is 0.329. The highest BCUT2D eigenvalue weighted by molar-refractivity contribution is 5.90. The largest absolute Gasteiger partial charge is 0.346 e. The number of carbonyl (C=O) groups excluding carboxylic acids is 1. The Morgan fingerprint density at radius 1 is 1.44 bits per heavy atom. The Bertz CT molecular complexity index is 399. The first-order valence-electron chi connectivity index (χ1n) is 5.22. The Morgan fingerprint density at radius 3 is 2.62 bits per heavy atom. The molecule has 1 aromatic carbocycles. The summed E-state index contributed by atoms with van der Waals surface area (Å²) in [5.74, 6) is -1.33. The number of halogens is 1. The molecule has 0 aliphatic heterocycles. The van der Waals surface area contributed by atoms with E-state index in [2.05, 4.69) is 25.7 Å². The van der Waals surface area contributed by atoms with E-state index in [-0.39, 0.29) is 0 Å². The number of benzene rings is 1. The maximum absolute atomic E-state index is 12.5. The van der Waals surface area contributed by atoms with E-state index >= 15 is 0 Å². The molecule has 1 amide bonds. The van der Waals surface area contributed by atoms with Gasteiger partial charge in [0.05, 0.1) is 0 Å². The van der Waals surface area contributed by atoms with Crippen molar-refractivity contribution in [1.82, 2.24) is 5.32 Å². The van der Waals surface area contributed by atoms with Gasteiger partial charge in [-0.1, -0.05) is 44.7 Å². The van der Waals surface area contributed by atoms with Gasteiger partial charge in [-0.3, -0.25) is 4.79 Å². The highest BCUT2D eigenvalue weighted by Gasteiger charge is 2.08. The number of hydrogen-bond acceptors (Lipinski definition) is 1. The van der Waals surface area contributed by atoms with E-state index in [0.717, 1.165) is 11.1 Å². The summed E-state index contributed by atoms with van der Waals surface area (Å²) in [6, 6.07) is 7.79. The average molecular weight is 221 g/mol. The lowest BCUT2D eigenvalue weighted by atomic mass is 9.97.